The monoisotopic (exact) mass is 253 g/mol. The molecule has 0 radical (unpaired) electrons. The van der Waals surface area contributed by atoms with E-state index in [1.54, 1.807) is 0 Å². The molecule has 0 N–H and O–H groups in total. The summed E-state index contributed by atoms with van der Waals surface area (Å²) in [6.45, 7) is 4.20. The molecule has 0 unspecified atom stereocenters. The summed E-state index contributed by atoms with van der Waals surface area (Å²) in [6, 6.07) is 4.31. The second-order valence-electron chi connectivity index (χ2n) is 4.92. The summed E-state index contributed by atoms with van der Waals surface area (Å²) in [5.74, 6) is 2.19. The standard InChI is InChI=1S/C13H19NS2/c1-10-6-11(2)14-12(7-10)16-9-13(8-15)4-3-5-13/h6-7,15H,3-5,8-9H2,1-2H3. The van der Waals surface area contributed by atoms with Crippen LogP contribution in [-0.4, -0.2) is 16.5 Å². The van der Waals surface area contributed by atoms with Gasteiger partial charge in [-0.2, -0.15) is 12.6 Å². The molecule has 0 aromatic carbocycles. The van der Waals surface area contributed by atoms with Crippen LogP contribution < -0.4 is 0 Å². The van der Waals surface area contributed by atoms with E-state index < -0.39 is 0 Å². The van der Waals surface area contributed by atoms with E-state index in [1.165, 1.54) is 35.6 Å². The third-order valence-corrected chi connectivity index (χ3v) is 5.28. The van der Waals surface area contributed by atoms with Gasteiger partial charge in [0.2, 0.25) is 0 Å². The first-order valence-corrected chi connectivity index (χ1v) is 7.44. The molecule has 0 atom stereocenters. The smallest absolute Gasteiger partial charge is 0.0965 e. The number of rotatable bonds is 4. The molecule has 1 aromatic rings. The van der Waals surface area contributed by atoms with Crippen LogP contribution in [0.2, 0.25) is 0 Å². The fourth-order valence-corrected chi connectivity index (χ4v) is 4.03. The van der Waals surface area contributed by atoms with Crippen LogP contribution in [0.25, 0.3) is 0 Å². The van der Waals surface area contributed by atoms with Gasteiger partial charge < -0.3 is 0 Å². The molecule has 16 heavy (non-hydrogen) atoms. The summed E-state index contributed by atoms with van der Waals surface area (Å²) in [5.41, 5.74) is 2.92. The molecule has 1 heterocycles. The van der Waals surface area contributed by atoms with Crippen LogP contribution in [0.5, 0.6) is 0 Å². The first-order chi connectivity index (χ1) is 7.63. The maximum absolute atomic E-state index is 4.57. The lowest BCUT2D eigenvalue weighted by Gasteiger charge is -2.40. The zero-order valence-electron chi connectivity index (χ0n) is 9.99. The number of thioether (sulfide) groups is 1. The predicted molar refractivity (Wildman–Crippen MR) is 74.6 cm³/mol. The van der Waals surface area contributed by atoms with E-state index in [9.17, 15) is 0 Å². The minimum Gasteiger partial charge on any atom is -0.247 e. The SMILES string of the molecule is Cc1cc(C)nc(SCC2(CS)CCC2)c1. The Labute approximate surface area is 108 Å². The molecule has 0 bridgehead atoms. The highest BCUT2D eigenvalue weighted by atomic mass is 32.2. The highest BCUT2D eigenvalue weighted by Gasteiger charge is 2.35. The minimum absolute atomic E-state index is 0.493. The highest BCUT2D eigenvalue weighted by molar-refractivity contribution is 7.99. The van der Waals surface area contributed by atoms with Crippen LogP contribution in [-0.2, 0) is 0 Å². The fourth-order valence-electron chi connectivity index (χ4n) is 2.13. The van der Waals surface area contributed by atoms with Crippen molar-refractivity contribution in [3.63, 3.8) is 0 Å². The van der Waals surface area contributed by atoms with E-state index in [0.29, 0.717) is 5.41 Å². The van der Waals surface area contributed by atoms with E-state index >= 15 is 0 Å². The fraction of sp³-hybridized carbons (Fsp3) is 0.615. The average molecular weight is 253 g/mol. The molecule has 1 aliphatic rings. The second-order valence-corrected chi connectivity index (χ2v) is 6.24. The third-order valence-electron chi connectivity index (χ3n) is 3.35. The van der Waals surface area contributed by atoms with E-state index in [4.69, 9.17) is 0 Å². The number of aromatic nitrogens is 1. The zero-order chi connectivity index (χ0) is 11.6. The number of hydrogen-bond donors (Lipinski definition) is 1. The normalized spacial score (nSPS) is 18.2. The summed E-state index contributed by atoms with van der Waals surface area (Å²) in [5, 5.41) is 1.17. The van der Waals surface area contributed by atoms with E-state index in [-0.39, 0.29) is 0 Å². The second kappa shape index (κ2) is 5.01. The van der Waals surface area contributed by atoms with Crippen LogP contribution in [0.3, 0.4) is 0 Å². The van der Waals surface area contributed by atoms with Crippen LogP contribution in [0, 0.1) is 19.3 Å². The van der Waals surface area contributed by atoms with Gasteiger partial charge in [0.05, 0.1) is 5.03 Å². The summed E-state index contributed by atoms with van der Waals surface area (Å²) in [4.78, 5) is 4.57. The van der Waals surface area contributed by atoms with Crippen molar-refractivity contribution in [1.29, 1.82) is 0 Å². The molecule has 1 aliphatic carbocycles. The Hall–Kier alpha value is -0.150. The van der Waals surface area contributed by atoms with Crippen molar-refractivity contribution < 1.29 is 0 Å². The van der Waals surface area contributed by atoms with Crippen LogP contribution in [0.15, 0.2) is 17.2 Å². The van der Waals surface area contributed by atoms with Crippen molar-refractivity contribution in [3.8, 4) is 0 Å². The molecule has 1 saturated carbocycles. The molecule has 2 rings (SSSR count). The minimum atomic E-state index is 0.493. The summed E-state index contributed by atoms with van der Waals surface area (Å²) >= 11 is 6.38. The molecule has 0 amide bonds. The van der Waals surface area contributed by atoms with Crippen LogP contribution in [0.1, 0.15) is 30.5 Å². The van der Waals surface area contributed by atoms with Crippen molar-refractivity contribution >= 4 is 24.4 Å². The Morgan fingerprint density at radius 3 is 2.62 bits per heavy atom. The molecule has 0 spiro atoms. The number of aryl methyl sites for hydroxylation is 2. The van der Waals surface area contributed by atoms with E-state index in [2.05, 4.69) is 43.6 Å². The number of hydrogen-bond acceptors (Lipinski definition) is 3. The average Bonchev–Trinajstić information content (AvgIpc) is 2.15. The summed E-state index contributed by atoms with van der Waals surface area (Å²) < 4.78 is 0. The molecule has 3 heteroatoms. The van der Waals surface area contributed by atoms with E-state index in [1.807, 2.05) is 11.8 Å². The van der Waals surface area contributed by atoms with E-state index in [0.717, 1.165) is 11.4 Å². The lowest BCUT2D eigenvalue weighted by Crippen LogP contribution is -2.33. The molecule has 88 valence electrons. The number of nitrogens with zero attached hydrogens (tertiary/aromatic N) is 1. The van der Waals surface area contributed by atoms with Crippen LogP contribution >= 0.6 is 24.4 Å². The largest absolute Gasteiger partial charge is 0.247 e. The van der Waals surface area contributed by atoms with Gasteiger partial charge in [-0.25, -0.2) is 4.98 Å². The van der Waals surface area contributed by atoms with Crippen molar-refractivity contribution in [3.05, 3.63) is 23.4 Å². The molecule has 1 fully saturated rings. The van der Waals surface area contributed by atoms with Crippen molar-refractivity contribution in [2.75, 3.05) is 11.5 Å². The Bertz CT molecular complexity index is 346. The maximum atomic E-state index is 4.57. The topological polar surface area (TPSA) is 12.9 Å². The van der Waals surface area contributed by atoms with Gasteiger partial charge in [-0.3, -0.25) is 0 Å². The van der Waals surface area contributed by atoms with Gasteiger partial charge in [0.15, 0.2) is 0 Å². The molecular formula is C13H19NS2. The van der Waals surface area contributed by atoms with Gasteiger partial charge in [0, 0.05) is 11.4 Å². The van der Waals surface area contributed by atoms with Gasteiger partial charge in [0.25, 0.3) is 0 Å². The van der Waals surface area contributed by atoms with Gasteiger partial charge in [-0.05, 0) is 55.6 Å². The Balaban J connectivity index is 1.98. The number of pyridine rings is 1. The lowest BCUT2D eigenvalue weighted by atomic mass is 9.72. The zero-order valence-corrected chi connectivity index (χ0v) is 11.7. The first kappa shape index (κ1) is 12.3. The highest BCUT2D eigenvalue weighted by Crippen LogP contribution is 2.45. The first-order valence-electron chi connectivity index (χ1n) is 5.83. The molecule has 0 aliphatic heterocycles. The van der Waals surface area contributed by atoms with Gasteiger partial charge in [0.1, 0.15) is 0 Å². The Morgan fingerprint density at radius 2 is 2.12 bits per heavy atom. The predicted octanol–water partition coefficient (Wildman–Crippen LogP) is 3.89. The molecule has 0 saturated heterocycles. The molecular weight excluding hydrogens is 234 g/mol. The van der Waals surface area contributed by atoms with Crippen molar-refractivity contribution in [2.45, 2.75) is 38.1 Å². The summed E-state index contributed by atoms with van der Waals surface area (Å²) in [7, 11) is 0. The maximum Gasteiger partial charge on any atom is 0.0965 e. The molecule has 1 nitrogen and oxygen atoms in total. The molecule has 1 aromatic heterocycles. The van der Waals surface area contributed by atoms with Crippen molar-refractivity contribution in [2.24, 2.45) is 5.41 Å². The quantitative estimate of drug-likeness (QED) is 0.646. The Kier molecular flexibility index (Phi) is 3.85. The summed E-state index contributed by atoms with van der Waals surface area (Å²) in [6.07, 6.45) is 4.06. The number of thiol groups is 1. The van der Waals surface area contributed by atoms with Gasteiger partial charge in [-0.1, -0.05) is 6.42 Å². The Morgan fingerprint density at radius 1 is 1.38 bits per heavy atom. The van der Waals surface area contributed by atoms with Crippen LogP contribution in [0.4, 0.5) is 0 Å². The van der Waals surface area contributed by atoms with Crippen molar-refractivity contribution in [1.82, 2.24) is 4.98 Å². The lowest BCUT2D eigenvalue weighted by molar-refractivity contribution is 0.205. The van der Waals surface area contributed by atoms with Gasteiger partial charge >= 0.3 is 0 Å². The van der Waals surface area contributed by atoms with Gasteiger partial charge in [-0.15, -0.1) is 11.8 Å². The third kappa shape index (κ3) is 2.75.